The zero-order chi connectivity index (χ0) is 23.2. The van der Waals surface area contributed by atoms with Gasteiger partial charge in [0.15, 0.2) is 0 Å². The van der Waals surface area contributed by atoms with E-state index >= 15 is 0 Å². The molecule has 0 aliphatic rings. The molecule has 0 aliphatic heterocycles. The molecule has 0 amide bonds. The van der Waals surface area contributed by atoms with Crippen molar-refractivity contribution in [3.63, 3.8) is 0 Å². The summed E-state index contributed by atoms with van der Waals surface area (Å²) in [5.74, 6) is 1.89. The molecular weight excluding hydrogens is 455 g/mol. The van der Waals surface area contributed by atoms with E-state index in [4.69, 9.17) is 38.7 Å². The van der Waals surface area contributed by atoms with Crippen LogP contribution in [-0.4, -0.2) is 47.9 Å². The van der Waals surface area contributed by atoms with Crippen molar-refractivity contribution >= 4 is 62.1 Å². The van der Waals surface area contributed by atoms with Crippen LogP contribution in [0.15, 0.2) is 60.7 Å². The van der Waals surface area contributed by atoms with E-state index in [1.54, 1.807) is 0 Å². The zero-order valence-corrected chi connectivity index (χ0v) is 20.2. The second-order valence-electron chi connectivity index (χ2n) is 7.92. The first kappa shape index (κ1) is 23.4. The van der Waals surface area contributed by atoms with Gasteiger partial charge in [0, 0.05) is 53.5 Å². The Morgan fingerprint density at radius 1 is 0.939 bits per heavy atom. The summed E-state index contributed by atoms with van der Waals surface area (Å²) in [5.41, 5.74) is 11.6. The van der Waals surface area contributed by atoms with Crippen molar-refractivity contribution in [3.8, 4) is 5.75 Å². The number of aromatic nitrogens is 1. The highest BCUT2D eigenvalue weighted by molar-refractivity contribution is 6.18. The smallest absolute Gasteiger partial charge is 0.145 e. The number of para-hydroxylation sites is 2. The molecule has 1 heterocycles. The summed E-state index contributed by atoms with van der Waals surface area (Å²) in [6, 6.07) is 20.0. The van der Waals surface area contributed by atoms with Crippen LogP contribution in [0, 0.1) is 6.92 Å². The van der Waals surface area contributed by atoms with Crippen molar-refractivity contribution in [1.82, 2.24) is 9.88 Å². The summed E-state index contributed by atoms with van der Waals surface area (Å²) in [4.78, 5) is 7.14. The molecular formula is C26H28Cl2N4O. The molecule has 0 atom stereocenters. The molecule has 0 fully saturated rings. The fourth-order valence-electron chi connectivity index (χ4n) is 3.91. The lowest BCUT2D eigenvalue weighted by Gasteiger charge is -2.20. The van der Waals surface area contributed by atoms with Crippen LogP contribution >= 0.6 is 23.2 Å². The first-order valence-electron chi connectivity index (χ1n) is 11.0. The fraction of sp³-hybridized carbons (Fsp3) is 0.269. The van der Waals surface area contributed by atoms with Gasteiger partial charge >= 0.3 is 0 Å². The summed E-state index contributed by atoms with van der Waals surface area (Å²) in [5, 5.41) is 5.65. The van der Waals surface area contributed by atoms with Gasteiger partial charge in [-0.3, -0.25) is 4.90 Å². The summed E-state index contributed by atoms with van der Waals surface area (Å²) in [6.07, 6.45) is 0. The van der Waals surface area contributed by atoms with Gasteiger partial charge < -0.3 is 15.8 Å². The molecule has 0 saturated heterocycles. The van der Waals surface area contributed by atoms with Crippen LogP contribution in [0.4, 0.5) is 17.1 Å². The van der Waals surface area contributed by atoms with Crippen LogP contribution in [0.3, 0.4) is 0 Å². The Morgan fingerprint density at radius 2 is 1.70 bits per heavy atom. The number of hydrogen-bond acceptors (Lipinski definition) is 5. The van der Waals surface area contributed by atoms with Crippen molar-refractivity contribution in [2.45, 2.75) is 6.92 Å². The average molecular weight is 483 g/mol. The van der Waals surface area contributed by atoms with E-state index in [0.717, 1.165) is 64.1 Å². The highest BCUT2D eigenvalue weighted by atomic mass is 35.5. The summed E-state index contributed by atoms with van der Waals surface area (Å²) >= 11 is 11.8. The number of nitrogen functional groups attached to an aromatic ring is 1. The van der Waals surface area contributed by atoms with Gasteiger partial charge in [0.25, 0.3) is 0 Å². The molecule has 5 nitrogen and oxygen atoms in total. The summed E-state index contributed by atoms with van der Waals surface area (Å²) in [7, 11) is 0. The number of anilines is 3. The largest absolute Gasteiger partial charge is 0.490 e. The third kappa shape index (κ3) is 5.44. The second-order valence-corrected chi connectivity index (χ2v) is 8.68. The molecule has 0 bridgehead atoms. The lowest BCUT2D eigenvalue weighted by molar-refractivity contribution is 0.226. The van der Waals surface area contributed by atoms with Crippen LogP contribution in [-0.2, 0) is 0 Å². The first-order valence-corrected chi connectivity index (χ1v) is 12.1. The Morgan fingerprint density at radius 3 is 2.48 bits per heavy atom. The Labute approximate surface area is 204 Å². The SMILES string of the molecule is Cc1ccc(N)cc1Nc1c2ccccc2nc2c(OCCN(CCCl)CCCl)cccc12. The maximum Gasteiger partial charge on any atom is 0.145 e. The maximum atomic E-state index is 6.20. The maximum absolute atomic E-state index is 6.20. The number of nitrogens with zero attached hydrogens (tertiary/aromatic N) is 2. The minimum absolute atomic E-state index is 0.526. The second kappa shape index (κ2) is 10.9. The molecule has 172 valence electrons. The Balaban J connectivity index is 1.72. The van der Waals surface area contributed by atoms with Crippen molar-refractivity contribution in [1.29, 1.82) is 0 Å². The first-order chi connectivity index (χ1) is 16.1. The summed E-state index contributed by atoms with van der Waals surface area (Å²) < 4.78 is 6.20. The van der Waals surface area contributed by atoms with E-state index in [-0.39, 0.29) is 0 Å². The number of nitrogens with two attached hydrogens (primary N) is 1. The van der Waals surface area contributed by atoms with Gasteiger partial charge in [-0.2, -0.15) is 0 Å². The fourth-order valence-corrected chi connectivity index (χ4v) is 4.38. The van der Waals surface area contributed by atoms with Crippen molar-refractivity contribution < 1.29 is 4.74 Å². The van der Waals surface area contributed by atoms with E-state index in [0.29, 0.717) is 24.1 Å². The number of pyridine rings is 1. The van der Waals surface area contributed by atoms with Gasteiger partial charge in [-0.1, -0.05) is 36.4 Å². The average Bonchev–Trinajstić information content (AvgIpc) is 2.82. The molecule has 0 saturated carbocycles. The number of benzene rings is 3. The Bertz CT molecular complexity index is 1240. The minimum Gasteiger partial charge on any atom is -0.490 e. The van der Waals surface area contributed by atoms with Crippen LogP contribution < -0.4 is 15.8 Å². The predicted molar refractivity (Wildman–Crippen MR) is 141 cm³/mol. The van der Waals surface area contributed by atoms with E-state index < -0.39 is 0 Å². The van der Waals surface area contributed by atoms with Gasteiger partial charge in [0.05, 0.1) is 11.2 Å². The predicted octanol–water partition coefficient (Wildman–Crippen LogP) is 6.18. The highest BCUT2D eigenvalue weighted by Crippen LogP contribution is 2.37. The molecule has 1 aromatic heterocycles. The van der Waals surface area contributed by atoms with E-state index in [9.17, 15) is 0 Å². The number of hydrogen-bond donors (Lipinski definition) is 2. The van der Waals surface area contributed by atoms with Gasteiger partial charge in [-0.05, 0) is 36.8 Å². The minimum atomic E-state index is 0.526. The number of aryl methyl sites for hydroxylation is 1. The number of nitrogens with one attached hydrogen (secondary N) is 1. The molecule has 4 rings (SSSR count). The quantitative estimate of drug-likeness (QED) is 0.160. The van der Waals surface area contributed by atoms with Crippen LogP contribution in [0.25, 0.3) is 21.8 Å². The summed E-state index contributed by atoms with van der Waals surface area (Å²) in [6.45, 7) is 4.90. The van der Waals surface area contributed by atoms with Crippen molar-refractivity contribution in [2.24, 2.45) is 0 Å². The number of fused-ring (bicyclic) bond motifs is 2. The number of ether oxygens (including phenoxy) is 1. The molecule has 0 unspecified atom stereocenters. The van der Waals surface area contributed by atoms with Crippen LogP contribution in [0.1, 0.15) is 5.56 Å². The van der Waals surface area contributed by atoms with Gasteiger partial charge in [-0.15, -0.1) is 23.2 Å². The topological polar surface area (TPSA) is 63.4 Å². The highest BCUT2D eigenvalue weighted by Gasteiger charge is 2.14. The molecule has 3 N–H and O–H groups in total. The molecule has 4 aromatic rings. The van der Waals surface area contributed by atoms with Crippen molar-refractivity contribution in [3.05, 3.63) is 66.2 Å². The molecule has 0 spiro atoms. The van der Waals surface area contributed by atoms with Crippen LogP contribution in [0.5, 0.6) is 5.75 Å². The number of rotatable bonds is 10. The Hall–Kier alpha value is -2.73. The van der Waals surface area contributed by atoms with Crippen molar-refractivity contribution in [2.75, 3.05) is 49.1 Å². The van der Waals surface area contributed by atoms with E-state index in [1.165, 1.54) is 0 Å². The monoisotopic (exact) mass is 482 g/mol. The molecule has 33 heavy (non-hydrogen) atoms. The van der Waals surface area contributed by atoms with Gasteiger partial charge in [0.1, 0.15) is 17.9 Å². The van der Waals surface area contributed by atoms with E-state index in [1.807, 2.05) is 48.5 Å². The van der Waals surface area contributed by atoms with Crippen LogP contribution in [0.2, 0.25) is 0 Å². The van der Waals surface area contributed by atoms with E-state index in [2.05, 4.69) is 29.3 Å². The molecule has 0 aliphatic carbocycles. The normalized spacial score (nSPS) is 11.4. The lowest BCUT2D eigenvalue weighted by atomic mass is 10.1. The van der Waals surface area contributed by atoms with Gasteiger partial charge in [0.2, 0.25) is 0 Å². The lowest BCUT2D eigenvalue weighted by Crippen LogP contribution is -2.32. The Kier molecular flexibility index (Phi) is 7.76. The number of alkyl halides is 2. The van der Waals surface area contributed by atoms with Gasteiger partial charge in [-0.25, -0.2) is 4.98 Å². The zero-order valence-electron chi connectivity index (χ0n) is 18.7. The third-order valence-corrected chi connectivity index (χ3v) is 6.00. The standard InChI is InChI=1S/C26H28Cl2N4O/c1-18-9-10-19(29)17-23(18)31-25-20-5-2-3-7-22(20)30-26-21(25)6-4-8-24(26)33-16-15-32(13-11-27)14-12-28/h2-10,17H,11-16,29H2,1H3,(H,30,31). The molecule has 0 radical (unpaired) electrons. The third-order valence-electron chi connectivity index (χ3n) is 5.66. The molecule has 7 heteroatoms. The number of halogens is 2. The molecule has 3 aromatic carbocycles.